The van der Waals surface area contributed by atoms with Crippen LogP contribution in [0.2, 0.25) is 0 Å². The van der Waals surface area contributed by atoms with Crippen LogP contribution in [0.1, 0.15) is 13.8 Å². The molecule has 0 aliphatic carbocycles. The SMILES string of the molecule is CCN(CC)c1cc(OC)cc2c1c(=O)c(-c1ccc(OC)cc1)cn2C. The maximum atomic E-state index is 13.5. The molecule has 3 aromatic rings. The van der Waals surface area contributed by atoms with Gasteiger partial charge in [0.15, 0.2) is 5.43 Å². The standard InChI is InChI=1S/C22H26N2O3/c1-6-24(7-2)20-13-17(27-5)12-19-21(20)22(25)18(14-23(19)3)15-8-10-16(26-4)11-9-15/h8-14H,6-7H2,1-5H3. The van der Waals surface area contributed by atoms with Gasteiger partial charge >= 0.3 is 0 Å². The van der Waals surface area contributed by atoms with E-state index in [1.165, 1.54) is 0 Å². The minimum Gasteiger partial charge on any atom is -0.497 e. The van der Waals surface area contributed by atoms with Crippen LogP contribution in [0.15, 0.2) is 47.4 Å². The number of anilines is 1. The first-order chi connectivity index (χ1) is 13.0. The molecule has 0 radical (unpaired) electrons. The van der Waals surface area contributed by atoms with Crippen LogP contribution >= 0.6 is 0 Å². The molecule has 3 rings (SSSR count). The van der Waals surface area contributed by atoms with Crippen molar-refractivity contribution in [2.75, 3.05) is 32.2 Å². The molecule has 2 aromatic carbocycles. The molecule has 27 heavy (non-hydrogen) atoms. The average molecular weight is 366 g/mol. The Hall–Kier alpha value is -2.95. The highest BCUT2D eigenvalue weighted by molar-refractivity contribution is 5.96. The van der Waals surface area contributed by atoms with Gasteiger partial charge in [0, 0.05) is 44.0 Å². The first kappa shape index (κ1) is 18.8. The number of aryl methyl sites for hydroxylation is 1. The molecule has 0 aliphatic rings. The Bertz CT molecular complexity index is 1000. The van der Waals surface area contributed by atoms with Crippen molar-refractivity contribution >= 4 is 16.6 Å². The van der Waals surface area contributed by atoms with Gasteiger partial charge in [0.05, 0.1) is 30.8 Å². The average Bonchev–Trinajstić information content (AvgIpc) is 2.71. The van der Waals surface area contributed by atoms with Gasteiger partial charge in [0.2, 0.25) is 0 Å². The quantitative estimate of drug-likeness (QED) is 0.660. The Balaban J connectivity index is 2.34. The van der Waals surface area contributed by atoms with Crippen LogP contribution in [0.25, 0.3) is 22.0 Å². The van der Waals surface area contributed by atoms with Gasteiger partial charge in [0.25, 0.3) is 0 Å². The van der Waals surface area contributed by atoms with Crippen molar-refractivity contribution in [2.45, 2.75) is 13.8 Å². The third-order valence-electron chi connectivity index (χ3n) is 4.99. The highest BCUT2D eigenvalue weighted by atomic mass is 16.5. The first-order valence-corrected chi connectivity index (χ1v) is 9.14. The molecule has 0 bridgehead atoms. The lowest BCUT2D eigenvalue weighted by Crippen LogP contribution is -2.24. The van der Waals surface area contributed by atoms with Crippen LogP contribution in [0.4, 0.5) is 5.69 Å². The number of pyridine rings is 1. The summed E-state index contributed by atoms with van der Waals surface area (Å²) in [4.78, 5) is 15.7. The van der Waals surface area contributed by atoms with Crippen LogP contribution in [0, 0.1) is 0 Å². The van der Waals surface area contributed by atoms with E-state index in [2.05, 4.69) is 18.7 Å². The third-order valence-corrected chi connectivity index (χ3v) is 4.99. The molecular weight excluding hydrogens is 340 g/mol. The summed E-state index contributed by atoms with van der Waals surface area (Å²) in [7, 11) is 5.24. The van der Waals surface area contributed by atoms with E-state index >= 15 is 0 Å². The first-order valence-electron chi connectivity index (χ1n) is 9.14. The molecule has 0 saturated heterocycles. The van der Waals surface area contributed by atoms with Gasteiger partial charge in [-0.15, -0.1) is 0 Å². The van der Waals surface area contributed by atoms with Crippen molar-refractivity contribution in [1.29, 1.82) is 0 Å². The number of nitrogens with zero attached hydrogens (tertiary/aromatic N) is 2. The molecule has 0 aliphatic heterocycles. The second-order valence-corrected chi connectivity index (χ2v) is 6.42. The van der Waals surface area contributed by atoms with E-state index in [4.69, 9.17) is 9.47 Å². The van der Waals surface area contributed by atoms with Crippen LogP contribution < -0.4 is 19.8 Å². The highest BCUT2D eigenvalue weighted by Crippen LogP contribution is 2.32. The monoisotopic (exact) mass is 366 g/mol. The molecule has 0 fully saturated rings. The van der Waals surface area contributed by atoms with Gasteiger partial charge in [-0.3, -0.25) is 4.79 Å². The maximum Gasteiger partial charge on any atom is 0.199 e. The number of aromatic nitrogens is 1. The predicted octanol–water partition coefficient (Wildman–Crippen LogP) is 4.07. The summed E-state index contributed by atoms with van der Waals surface area (Å²) in [6.07, 6.45) is 1.89. The Morgan fingerprint density at radius 1 is 0.963 bits per heavy atom. The van der Waals surface area contributed by atoms with Crippen LogP contribution in [0.5, 0.6) is 11.5 Å². The summed E-state index contributed by atoms with van der Waals surface area (Å²) in [5.74, 6) is 1.52. The largest absolute Gasteiger partial charge is 0.497 e. The Kier molecular flexibility index (Phi) is 5.40. The summed E-state index contributed by atoms with van der Waals surface area (Å²) in [6.45, 7) is 5.81. The number of rotatable bonds is 6. The van der Waals surface area contributed by atoms with E-state index in [1.54, 1.807) is 14.2 Å². The summed E-state index contributed by atoms with van der Waals surface area (Å²) < 4.78 is 12.7. The topological polar surface area (TPSA) is 43.7 Å². The molecule has 5 nitrogen and oxygen atoms in total. The Morgan fingerprint density at radius 3 is 2.15 bits per heavy atom. The fraction of sp³-hybridized carbons (Fsp3) is 0.318. The number of hydrogen-bond donors (Lipinski definition) is 0. The maximum absolute atomic E-state index is 13.5. The van der Waals surface area contributed by atoms with Crippen molar-refractivity contribution in [3.8, 4) is 22.6 Å². The van der Waals surface area contributed by atoms with E-state index in [-0.39, 0.29) is 5.43 Å². The zero-order chi connectivity index (χ0) is 19.6. The molecule has 0 saturated carbocycles. The van der Waals surface area contributed by atoms with Crippen molar-refractivity contribution < 1.29 is 9.47 Å². The second-order valence-electron chi connectivity index (χ2n) is 6.42. The van der Waals surface area contributed by atoms with E-state index in [0.29, 0.717) is 5.56 Å². The summed E-state index contributed by atoms with van der Waals surface area (Å²) >= 11 is 0. The minimum absolute atomic E-state index is 0.0258. The minimum atomic E-state index is 0.0258. The van der Waals surface area contributed by atoms with E-state index < -0.39 is 0 Å². The lowest BCUT2D eigenvalue weighted by atomic mass is 10.0. The third kappa shape index (κ3) is 3.37. The molecule has 1 aromatic heterocycles. The molecule has 0 spiro atoms. The van der Waals surface area contributed by atoms with Gasteiger partial charge in [-0.25, -0.2) is 0 Å². The Morgan fingerprint density at radius 2 is 1.59 bits per heavy atom. The van der Waals surface area contributed by atoms with Gasteiger partial charge in [-0.05, 0) is 31.5 Å². The molecule has 142 valence electrons. The van der Waals surface area contributed by atoms with Crippen molar-refractivity contribution in [1.82, 2.24) is 4.57 Å². The number of methoxy groups -OCH3 is 2. The molecule has 0 N–H and O–H groups in total. The van der Waals surface area contributed by atoms with Crippen molar-refractivity contribution in [3.63, 3.8) is 0 Å². The smallest absolute Gasteiger partial charge is 0.199 e. The lowest BCUT2D eigenvalue weighted by Gasteiger charge is -2.24. The number of ether oxygens (including phenoxy) is 2. The molecule has 0 atom stereocenters. The van der Waals surface area contributed by atoms with Gasteiger partial charge in [-0.1, -0.05) is 12.1 Å². The zero-order valence-corrected chi connectivity index (χ0v) is 16.6. The fourth-order valence-electron chi connectivity index (χ4n) is 3.46. The second kappa shape index (κ2) is 7.74. The fourth-order valence-corrected chi connectivity index (χ4v) is 3.46. The van der Waals surface area contributed by atoms with E-state index in [1.807, 2.05) is 54.2 Å². The Labute approximate surface area is 159 Å². The molecular formula is C22H26N2O3. The van der Waals surface area contributed by atoms with Gasteiger partial charge < -0.3 is 18.9 Å². The van der Waals surface area contributed by atoms with E-state index in [9.17, 15) is 4.79 Å². The number of benzene rings is 2. The van der Waals surface area contributed by atoms with Crippen molar-refractivity contribution in [2.24, 2.45) is 7.05 Å². The zero-order valence-electron chi connectivity index (χ0n) is 16.6. The van der Waals surface area contributed by atoms with Gasteiger partial charge in [0.1, 0.15) is 11.5 Å². The highest BCUT2D eigenvalue weighted by Gasteiger charge is 2.17. The van der Waals surface area contributed by atoms with Crippen LogP contribution in [0.3, 0.4) is 0 Å². The van der Waals surface area contributed by atoms with E-state index in [0.717, 1.165) is 46.7 Å². The lowest BCUT2D eigenvalue weighted by molar-refractivity contribution is 0.415. The normalized spacial score (nSPS) is 10.9. The summed E-state index contributed by atoms with van der Waals surface area (Å²) in [5, 5.41) is 0.718. The molecule has 1 heterocycles. The van der Waals surface area contributed by atoms with Crippen molar-refractivity contribution in [3.05, 3.63) is 52.8 Å². The van der Waals surface area contributed by atoms with Gasteiger partial charge in [-0.2, -0.15) is 0 Å². The summed E-state index contributed by atoms with van der Waals surface area (Å²) in [6, 6.07) is 11.5. The predicted molar refractivity (Wildman–Crippen MR) is 111 cm³/mol. The molecule has 0 amide bonds. The number of hydrogen-bond acceptors (Lipinski definition) is 4. The molecule has 5 heteroatoms. The van der Waals surface area contributed by atoms with Crippen LogP contribution in [-0.2, 0) is 7.05 Å². The number of fused-ring (bicyclic) bond motifs is 1. The van der Waals surface area contributed by atoms with Crippen LogP contribution in [-0.4, -0.2) is 31.9 Å². The molecule has 0 unspecified atom stereocenters. The summed E-state index contributed by atoms with van der Waals surface area (Å²) in [5.41, 5.74) is 3.34.